The van der Waals surface area contributed by atoms with Crippen LogP contribution in [0.2, 0.25) is 0 Å². The molecule has 6 nitrogen and oxygen atoms in total. The number of aliphatic hydroxyl groups is 1. The number of nitrogens with one attached hydrogen (secondary N) is 1. The van der Waals surface area contributed by atoms with Gasteiger partial charge < -0.3 is 26.0 Å². The van der Waals surface area contributed by atoms with E-state index in [-0.39, 0.29) is 18.6 Å². The van der Waals surface area contributed by atoms with Crippen molar-refractivity contribution in [1.29, 1.82) is 0 Å². The van der Waals surface area contributed by atoms with Crippen molar-refractivity contribution in [3.63, 3.8) is 0 Å². The monoisotopic (exact) mass is 436 g/mol. The Hall–Kier alpha value is -3.09. The molecule has 0 heterocycles. The molecular weight excluding hydrogens is 404 g/mol. The van der Waals surface area contributed by atoms with Crippen LogP contribution in [0.1, 0.15) is 31.4 Å². The normalized spacial score (nSPS) is 12.6. The summed E-state index contributed by atoms with van der Waals surface area (Å²) in [6.45, 7) is 4.68. The summed E-state index contributed by atoms with van der Waals surface area (Å²) in [4.78, 5) is 10.8. The van der Waals surface area contributed by atoms with Crippen LogP contribution in [-0.4, -0.2) is 41.0 Å². The van der Waals surface area contributed by atoms with Crippen molar-refractivity contribution in [2.75, 3.05) is 18.9 Å². The fourth-order valence-corrected chi connectivity index (χ4v) is 3.74. The predicted octanol–water partition coefficient (Wildman–Crippen LogP) is 3.79. The molecule has 0 saturated heterocycles. The SMILES string of the molecule is CC(C)(Cc1ccc2ccccc2c1)NC[C@H](O)COc1cccc(CCC(=O)O)c1N. The fourth-order valence-electron chi connectivity index (χ4n) is 3.74. The van der Waals surface area contributed by atoms with Gasteiger partial charge >= 0.3 is 5.97 Å². The number of hydrogen-bond donors (Lipinski definition) is 4. The first kappa shape index (κ1) is 23.6. The summed E-state index contributed by atoms with van der Waals surface area (Å²) in [5.41, 5.74) is 8.29. The number of carboxylic acid groups (broad SMARTS) is 1. The second-order valence-electron chi connectivity index (χ2n) is 8.81. The van der Waals surface area contributed by atoms with Crippen molar-refractivity contribution < 1.29 is 19.7 Å². The standard InChI is InChI=1S/C26H32N2O4/c1-26(2,15-18-10-11-19-6-3-4-7-21(19)14-18)28-16-22(29)17-32-23-9-5-8-20(25(23)27)12-13-24(30)31/h3-11,14,22,28-29H,12-13,15-17,27H2,1-2H3,(H,30,31)/t22-/m0/s1. The summed E-state index contributed by atoms with van der Waals surface area (Å²) in [7, 11) is 0. The summed E-state index contributed by atoms with van der Waals surface area (Å²) in [6, 6.07) is 20.1. The van der Waals surface area contributed by atoms with E-state index >= 15 is 0 Å². The van der Waals surface area contributed by atoms with Gasteiger partial charge in [0, 0.05) is 18.5 Å². The third kappa shape index (κ3) is 6.70. The Kier molecular flexibility index (Phi) is 7.72. The largest absolute Gasteiger partial charge is 0.489 e. The van der Waals surface area contributed by atoms with Gasteiger partial charge in [0.2, 0.25) is 0 Å². The second-order valence-corrected chi connectivity index (χ2v) is 8.81. The van der Waals surface area contributed by atoms with E-state index < -0.39 is 12.1 Å². The molecule has 0 fully saturated rings. The van der Waals surface area contributed by atoms with Crippen LogP contribution >= 0.6 is 0 Å². The number of anilines is 1. The fraction of sp³-hybridized carbons (Fsp3) is 0.346. The number of β-amino-alcohol motifs (C(OH)–C–C–N with tert-alkyl or cyclic N) is 1. The highest BCUT2D eigenvalue weighted by Gasteiger charge is 2.20. The molecule has 3 rings (SSSR count). The van der Waals surface area contributed by atoms with E-state index in [1.165, 1.54) is 16.3 Å². The lowest BCUT2D eigenvalue weighted by molar-refractivity contribution is -0.136. The number of benzene rings is 3. The first-order chi connectivity index (χ1) is 15.2. The number of hydrogen-bond acceptors (Lipinski definition) is 5. The second kappa shape index (κ2) is 10.5. The molecule has 0 bridgehead atoms. The molecule has 5 N–H and O–H groups in total. The van der Waals surface area contributed by atoms with E-state index in [2.05, 4.69) is 49.5 Å². The number of ether oxygens (including phenoxy) is 1. The number of para-hydroxylation sites is 1. The van der Waals surface area contributed by atoms with Crippen LogP contribution in [-0.2, 0) is 17.6 Å². The molecule has 170 valence electrons. The van der Waals surface area contributed by atoms with Crippen LogP contribution < -0.4 is 15.8 Å². The molecule has 0 aliphatic rings. The lowest BCUT2D eigenvalue weighted by Crippen LogP contribution is -2.46. The van der Waals surface area contributed by atoms with Gasteiger partial charge in [0.15, 0.2) is 0 Å². The maximum atomic E-state index is 10.8. The molecule has 1 atom stereocenters. The molecule has 0 radical (unpaired) electrons. The van der Waals surface area contributed by atoms with E-state index in [1.807, 2.05) is 12.1 Å². The number of carbonyl (C=O) groups is 1. The maximum absolute atomic E-state index is 10.8. The van der Waals surface area contributed by atoms with Gasteiger partial charge in [-0.15, -0.1) is 0 Å². The molecule has 6 heteroatoms. The quantitative estimate of drug-likeness (QED) is 0.341. The van der Waals surface area contributed by atoms with E-state index in [1.54, 1.807) is 18.2 Å². The summed E-state index contributed by atoms with van der Waals surface area (Å²) >= 11 is 0. The minimum atomic E-state index is -0.872. The van der Waals surface area contributed by atoms with Gasteiger partial charge in [0.1, 0.15) is 18.5 Å². The summed E-state index contributed by atoms with van der Waals surface area (Å²) < 4.78 is 5.72. The van der Waals surface area contributed by atoms with Crippen molar-refractivity contribution in [2.24, 2.45) is 0 Å². The average molecular weight is 437 g/mol. The molecule has 3 aromatic rings. The van der Waals surface area contributed by atoms with Crippen molar-refractivity contribution in [1.82, 2.24) is 5.32 Å². The van der Waals surface area contributed by atoms with E-state index in [4.69, 9.17) is 15.6 Å². The number of aliphatic hydroxyl groups excluding tert-OH is 1. The van der Waals surface area contributed by atoms with Crippen molar-refractivity contribution >= 4 is 22.4 Å². The van der Waals surface area contributed by atoms with E-state index in [0.717, 1.165) is 12.0 Å². The van der Waals surface area contributed by atoms with Gasteiger partial charge in [0.05, 0.1) is 5.69 Å². The highest BCUT2D eigenvalue weighted by molar-refractivity contribution is 5.83. The minimum Gasteiger partial charge on any atom is -0.489 e. The highest BCUT2D eigenvalue weighted by atomic mass is 16.5. The van der Waals surface area contributed by atoms with Crippen molar-refractivity contribution in [3.8, 4) is 5.75 Å². The molecule has 0 spiro atoms. The van der Waals surface area contributed by atoms with E-state index in [0.29, 0.717) is 24.4 Å². The molecule has 0 saturated carbocycles. The third-order valence-corrected chi connectivity index (χ3v) is 5.47. The van der Waals surface area contributed by atoms with Gasteiger partial charge in [-0.25, -0.2) is 0 Å². The summed E-state index contributed by atoms with van der Waals surface area (Å²) in [6.07, 6.45) is 0.454. The van der Waals surface area contributed by atoms with Crippen LogP contribution in [0.25, 0.3) is 10.8 Å². The highest BCUT2D eigenvalue weighted by Crippen LogP contribution is 2.26. The van der Waals surface area contributed by atoms with Crippen LogP contribution in [0.3, 0.4) is 0 Å². The first-order valence-corrected chi connectivity index (χ1v) is 10.9. The zero-order valence-corrected chi connectivity index (χ0v) is 18.7. The number of fused-ring (bicyclic) bond motifs is 1. The zero-order valence-electron chi connectivity index (χ0n) is 18.7. The number of aryl methyl sites for hydroxylation is 1. The Labute approximate surface area is 189 Å². The van der Waals surface area contributed by atoms with Crippen LogP contribution in [0.5, 0.6) is 5.75 Å². The van der Waals surface area contributed by atoms with Gasteiger partial charge in [-0.3, -0.25) is 4.79 Å². The Morgan fingerprint density at radius 1 is 1.09 bits per heavy atom. The van der Waals surface area contributed by atoms with Crippen LogP contribution in [0.15, 0.2) is 60.7 Å². The number of aliphatic carboxylic acids is 1. The maximum Gasteiger partial charge on any atom is 0.303 e. The molecule has 32 heavy (non-hydrogen) atoms. The topological polar surface area (TPSA) is 105 Å². The predicted molar refractivity (Wildman–Crippen MR) is 128 cm³/mol. The third-order valence-electron chi connectivity index (χ3n) is 5.47. The Balaban J connectivity index is 1.51. The van der Waals surface area contributed by atoms with Gasteiger partial charge in [0.25, 0.3) is 0 Å². The number of nitrogen functional groups attached to an aromatic ring is 1. The Morgan fingerprint density at radius 2 is 1.84 bits per heavy atom. The number of carboxylic acids is 1. The zero-order chi connectivity index (χ0) is 23.1. The molecule has 0 aliphatic carbocycles. The summed E-state index contributed by atoms with van der Waals surface area (Å²) in [5.74, 6) is -0.411. The first-order valence-electron chi connectivity index (χ1n) is 10.9. The number of nitrogens with two attached hydrogens (primary N) is 1. The lowest BCUT2D eigenvalue weighted by Gasteiger charge is -2.28. The van der Waals surface area contributed by atoms with Gasteiger partial charge in [-0.1, -0.05) is 54.6 Å². The smallest absolute Gasteiger partial charge is 0.303 e. The van der Waals surface area contributed by atoms with Crippen molar-refractivity contribution in [3.05, 3.63) is 71.8 Å². The summed E-state index contributed by atoms with van der Waals surface area (Å²) in [5, 5.41) is 25.1. The molecular formula is C26H32N2O4. The van der Waals surface area contributed by atoms with Gasteiger partial charge in [-0.05, 0) is 54.7 Å². The van der Waals surface area contributed by atoms with Gasteiger partial charge in [-0.2, -0.15) is 0 Å². The molecule has 3 aromatic carbocycles. The molecule has 0 unspecified atom stereocenters. The average Bonchev–Trinajstić information content (AvgIpc) is 2.76. The number of rotatable bonds is 11. The Bertz CT molecular complexity index is 1060. The molecule has 0 aliphatic heterocycles. The van der Waals surface area contributed by atoms with Crippen LogP contribution in [0.4, 0.5) is 5.69 Å². The molecule has 0 amide bonds. The lowest BCUT2D eigenvalue weighted by atomic mass is 9.93. The Morgan fingerprint density at radius 3 is 2.59 bits per heavy atom. The molecule has 0 aromatic heterocycles. The van der Waals surface area contributed by atoms with Crippen molar-refractivity contribution in [2.45, 2.75) is 44.8 Å². The van der Waals surface area contributed by atoms with Crippen LogP contribution in [0, 0.1) is 0 Å². The minimum absolute atomic E-state index is 0.00644. The van der Waals surface area contributed by atoms with E-state index in [9.17, 15) is 9.90 Å².